The molecule has 1 amide bonds. The van der Waals surface area contributed by atoms with E-state index in [9.17, 15) is 4.79 Å². The molecule has 1 aromatic rings. The van der Waals surface area contributed by atoms with Crippen LogP contribution in [0.4, 0.5) is 0 Å². The van der Waals surface area contributed by atoms with Crippen LogP contribution in [-0.4, -0.2) is 5.91 Å². The summed E-state index contributed by atoms with van der Waals surface area (Å²) in [5.41, 5.74) is 5.56. The zero-order chi connectivity index (χ0) is 8.27. The van der Waals surface area contributed by atoms with Crippen molar-refractivity contribution in [1.82, 2.24) is 0 Å². The first-order valence-corrected chi connectivity index (χ1v) is 4.82. The number of carbonyl (C=O) groups excluding carboxylic acids is 1. The average Bonchev–Trinajstić information content (AvgIpc) is 2.05. The lowest BCUT2D eigenvalue weighted by atomic mass is 10.2. The van der Waals surface area contributed by atoms with Gasteiger partial charge in [0.15, 0.2) is 0 Å². The summed E-state index contributed by atoms with van der Waals surface area (Å²) in [6.45, 7) is 0. The van der Waals surface area contributed by atoms with Crippen molar-refractivity contribution in [2.75, 3.05) is 0 Å². The van der Waals surface area contributed by atoms with Gasteiger partial charge < -0.3 is 5.73 Å². The molecule has 2 N–H and O–H groups in total. The maximum Gasteiger partial charge on any atom is 0.248 e. The summed E-state index contributed by atoms with van der Waals surface area (Å²) in [6.07, 6.45) is 0. The maximum absolute atomic E-state index is 10.6. The lowest BCUT2D eigenvalue weighted by Crippen LogP contribution is -2.10. The van der Waals surface area contributed by atoms with E-state index in [1.165, 1.54) is 10.8 Å². The lowest BCUT2D eigenvalue weighted by Gasteiger charge is -1.95. The number of amides is 1. The third-order valence-corrected chi connectivity index (χ3v) is 2.36. The Hall–Kier alpha value is -0.610. The summed E-state index contributed by atoms with van der Waals surface area (Å²) in [6, 6.07) is 6.97. The van der Waals surface area contributed by atoms with Crippen LogP contribution in [0.25, 0.3) is 0 Å². The van der Waals surface area contributed by atoms with E-state index in [4.69, 9.17) is 5.73 Å². The van der Waals surface area contributed by atoms with Crippen LogP contribution in [0, 0.1) is 0 Å². The van der Waals surface area contributed by atoms with Crippen molar-refractivity contribution in [2.24, 2.45) is 5.73 Å². The first kappa shape index (κ1) is 8.49. The van der Waals surface area contributed by atoms with Crippen LogP contribution in [0.15, 0.2) is 29.2 Å². The summed E-state index contributed by atoms with van der Waals surface area (Å²) < 4.78 is 0. The van der Waals surface area contributed by atoms with E-state index in [-0.39, 0.29) is 0 Å². The highest BCUT2D eigenvalue weighted by Gasteiger charge is 1.97. The molecule has 4 heteroatoms. The van der Waals surface area contributed by atoms with Crippen molar-refractivity contribution in [2.45, 2.75) is 4.90 Å². The fourth-order valence-electron chi connectivity index (χ4n) is 0.680. The summed E-state index contributed by atoms with van der Waals surface area (Å²) >= 11 is 4.00. The number of hydrogen-bond acceptors (Lipinski definition) is 3. The van der Waals surface area contributed by atoms with Crippen LogP contribution in [0.5, 0.6) is 0 Å². The van der Waals surface area contributed by atoms with Gasteiger partial charge in [0.25, 0.3) is 0 Å². The van der Waals surface area contributed by atoms with E-state index in [2.05, 4.69) is 11.7 Å². The SMILES string of the molecule is NC(=O)c1ccc(SS)cc1. The summed E-state index contributed by atoms with van der Waals surface area (Å²) in [5.74, 6) is -0.402. The second kappa shape index (κ2) is 3.69. The highest BCUT2D eigenvalue weighted by atomic mass is 33.1. The van der Waals surface area contributed by atoms with Gasteiger partial charge in [-0.15, -0.1) is 11.7 Å². The Bertz CT molecular complexity index is 258. The van der Waals surface area contributed by atoms with Gasteiger partial charge in [-0.3, -0.25) is 4.79 Å². The first-order chi connectivity index (χ1) is 5.24. The van der Waals surface area contributed by atoms with E-state index < -0.39 is 5.91 Å². The van der Waals surface area contributed by atoms with Crippen LogP contribution < -0.4 is 5.73 Å². The van der Waals surface area contributed by atoms with Crippen molar-refractivity contribution >= 4 is 28.4 Å². The van der Waals surface area contributed by atoms with Crippen LogP contribution in [-0.2, 0) is 0 Å². The molecule has 11 heavy (non-hydrogen) atoms. The fraction of sp³-hybridized carbons (Fsp3) is 0. The van der Waals surface area contributed by atoms with Gasteiger partial charge in [-0.2, -0.15) is 0 Å². The van der Waals surface area contributed by atoms with E-state index in [0.717, 1.165) is 4.90 Å². The number of primary amides is 1. The molecule has 0 unspecified atom stereocenters. The van der Waals surface area contributed by atoms with Crippen molar-refractivity contribution in [3.63, 3.8) is 0 Å². The van der Waals surface area contributed by atoms with Gasteiger partial charge in [0.1, 0.15) is 0 Å². The Kier molecular flexibility index (Phi) is 2.84. The van der Waals surface area contributed by atoms with Gasteiger partial charge in [0.2, 0.25) is 5.91 Å². The van der Waals surface area contributed by atoms with E-state index in [0.29, 0.717) is 5.56 Å². The topological polar surface area (TPSA) is 43.1 Å². The molecular weight excluding hydrogens is 178 g/mol. The number of nitrogens with two attached hydrogens (primary N) is 1. The molecule has 1 rings (SSSR count). The predicted molar refractivity (Wildman–Crippen MR) is 49.8 cm³/mol. The molecule has 0 heterocycles. The Morgan fingerprint density at radius 1 is 1.36 bits per heavy atom. The zero-order valence-electron chi connectivity index (χ0n) is 5.65. The van der Waals surface area contributed by atoms with Crippen molar-refractivity contribution in [1.29, 1.82) is 0 Å². The maximum atomic E-state index is 10.6. The van der Waals surface area contributed by atoms with Crippen LogP contribution >= 0.6 is 22.5 Å². The monoisotopic (exact) mass is 185 g/mol. The number of benzene rings is 1. The number of thiol groups is 1. The van der Waals surface area contributed by atoms with Crippen molar-refractivity contribution in [3.05, 3.63) is 29.8 Å². The minimum atomic E-state index is -0.402. The molecule has 0 saturated carbocycles. The molecule has 0 aliphatic rings. The molecule has 0 aliphatic heterocycles. The summed E-state index contributed by atoms with van der Waals surface area (Å²) in [5, 5.41) is 0. The first-order valence-electron chi connectivity index (χ1n) is 2.95. The molecule has 0 aromatic heterocycles. The highest BCUT2D eigenvalue weighted by molar-refractivity contribution is 8.68. The standard InChI is InChI=1S/C7H7NOS2/c8-7(9)5-1-3-6(11-10)4-2-5/h1-4,10H,(H2,8,9). The normalized spacial score (nSPS) is 9.55. The van der Waals surface area contributed by atoms with E-state index in [1.807, 2.05) is 0 Å². The summed E-state index contributed by atoms with van der Waals surface area (Å²) in [7, 11) is 1.33. The molecule has 0 saturated heterocycles. The van der Waals surface area contributed by atoms with Crippen LogP contribution in [0.2, 0.25) is 0 Å². The molecule has 0 aliphatic carbocycles. The Morgan fingerprint density at radius 2 is 1.91 bits per heavy atom. The molecule has 0 radical (unpaired) electrons. The van der Waals surface area contributed by atoms with E-state index >= 15 is 0 Å². The molecular formula is C7H7NOS2. The van der Waals surface area contributed by atoms with E-state index in [1.54, 1.807) is 24.3 Å². The van der Waals surface area contributed by atoms with Gasteiger partial charge in [-0.05, 0) is 24.3 Å². The van der Waals surface area contributed by atoms with Gasteiger partial charge in [-0.25, -0.2) is 0 Å². The van der Waals surface area contributed by atoms with Crippen LogP contribution in [0.1, 0.15) is 10.4 Å². The third kappa shape index (κ3) is 2.17. The minimum Gasteiger partial charge on any atom is -0.366 e. The molecule has 0 fully saturated rings. The zero-order valence-corrected chi connectivity index (χ0v) is 7.36. The predicted octanol–water partition coefficient (Wildman–Crippen LogP) is 1.72. The molecule has 0 spiro atoms. The Labute approximate surface area is 74.0 Å². The average molecular weight is 185 g/mol. The number of rotatable bonds is 2. The largest absolute Gasteiger partial charge is 0.366 e. The number of carbonyl (C=O) groups is 1. The Morgan fingerprint density at radius 3 is 2.27 bits per heavy atom. The second-order valence-electron chi connectivity index (χ2n) is 1.98. The Balaban J connectivity index is 2.91. The number of hydrogen-bond donors (Lipinski definition) is 2. The molecule has 0 atom stereocenters. The fourth-order valence-corrected chi connectivity index (χ4v) is 1.30. The highest BCUT2D eigenvalue weighted by Crippen LogP contribution is 2.20. The van der Waals surface area contributed by atoms with Gasteiger partial charge in [0.05, 0.1) is 0 Å². The van der Waals surface area contributed by atoms with Crippen molar-refractivity contribution < 1.29 is 4.79 Å². The molecule has 0 bridgehead atoms. The van der Waals surface area contributed by atoms with Gasteiger partial charge in [-0.1, -0.05) is 10.8 Å². The molecule has 1 aromatic carbocycles. The minimum absolute atomic E-state index is 0.402. The van der Waals surface area contributed by atoms with Gasteiger partial charge >= 0.3 is 0 Å². The third-order valence-electron chi connectivity index (χ3n) is 1.24. The van der Waals surface area contributed by atoms with Gasteiger partial charge in [0, 0.05) is 10.5 Å². The second-order valence-corrected chi connectivity index (χ2v) is 3.18. The molecule has 2 nitrogen and oxygen atoms in total. The van der Waals surface area contributed by atoms with Crippen LogP contribution in [0.3, 0.4) is 0 Å². The quantitative estimate of drug-likeness (QED) is 0.544. The lowest BCUT2D eigenvalue weighted by molar-refractivity contribution is 0.100. The summed E-state index contributed by atoms with van der Waals surface area (Å²) in [4.78, 5) is 11.6. The smallest absolute Gasteiger partial charge is 0.248 e. The molecule has 58 valence electrons. The van der Waals surface area contributed by atoms with Crippen molar-refractivity contribution in [3.8, 4) is 0 Å².